The van der Waals surface area contributed by atoms with Crippen LogP contribution in [0.15, 0.2) is 5.51 Å². The van der Waals surface area contributed by atoms with Crippen molar-refractivity contribution in [1.82, 2.24) is 10.3 Å². The highest BCUT2D eigenvalue weighted by atomic mass is 32.1. The van der Waals surface area contributed by atoms with Crippen LogP contribution in [0.25, 0.3) is 0 Å². The van der Waals surface area contributed by atoms with Crippen molar-refractivity contribution >= 4 is 17.2 Å². The molecule has 4 nitrogen and oxygen atoms in total. The third kappa shape index (κ3) is 2.26. The van der Waals surface area contributed by atoms with E-state index in [-0.39, 0.29) is 5.91 Å². The van der Waals surface area contributed by atoms with Crippen molar-refractivity contribution in [3.05, 3.63) is 16.1 Å². The highest BCUT2D eigenvalue weighted by molar-refractivity contribution is 7.10. The zero-order valence-corrected chi connectivity index (χ0v) is 8.52. The molecule has 0 bridgehead atoms. The summed E-state index contributed by atoms with van der Waals surface area (Å²) in [6, 6.07) is -0.391. The molecule has 0 radical (unpaired) electrons. The number of aromatic nitrogens is 1. The summed E-state index contributed by atoms with van der Waals surface area (Å²) in [4.78, 5) is 16.1. The zero-order valence-electron chi connectivity index (χ0n) is 7.70. The Labute approximate surface area is 81.2 Å². The smallest absolute Gasteiger partial charge is 0.240 e. The SMILES string of the molecule is CCNC(C(N)=O)c1scnc1C. The Balaban J connectivity index is 2.88. The van der Waals surface area contributed by atoms with E-state index in [0.29, 0.717) is 6.54 Å². The first kappa shape index (κ1) is 10.1. The number of likely N-dealkylation sites (N-methyl/N-ethyl adjacent to an activating group) is 1. The Morgan fingerprint density at radius 1 is 1.85 bits per heavy atom. The van der Waals surface area contributed by atoms with Gasteiger partial charge >= 0.3 is 0 Å². The van der Waals surface area contributed by atoms with Gasteiger partial charge in [0, 0.05) is 0 Å². The molecule has 0 aliphatic rings. The van der Waals surface area contributed by atoms with E-state index in [1.165, 1.54) is 11.3 Å². The van der Waals surface area contributed by atoms with E-state index in [0.717, 1.165) is 10.6 Å². The highest BCUT2D eigenvalue weighted by Gasteiger charge is 2.20. The van der Waals surface area contributed by atoms with Crippen LogP contribution < -0.4 is 11.1 Å². The molecule has 0 aliphatic heterocycles. The lowest BCUT2D eigenvalue weighted by Gasteiger charge is -2.12. The van der Waals surface area contributed by atoms with E-state index in [4.69, 9.17) is 5.73 Å². The summed E-state index contributed by atoms with van der Waals surface area (Å²) in [5, 5.41) is 3.02. The standard InChI is InChI=1S/C8H13N3OS/c1-3-10-6(8(9)12)7-5(2)11-4-13-7/h4,6,10H,3H2,1-2H3,(H2,9,12). The third-order valence-electron chi connectivity index (χ3n) is 1.74. The van der Waals surface area contributed by atoms with Crippen molar-refractivity contribution in [2.75, 3.05) is 6.54 Å². The van der Waals surface area contributed by atoms with Gasteiger partial charge in [-0.05, 0) is 13.5 Å². The van der Waals surface area contributed by atoms with Crippen LogP contribution in [-0.4, -0.2) is 17.4 Å². The lowest BCUT2D eigenvalue weighted by molar-refractivity contribution is -0.120. The Morgan fingerprint density at radius 3 is 2.92 bits per heavy atom. The first-order valence-corrected chi connectivity index (χ1v) is 4.97. The second-order valence-corrected chi connectivity index (χ2v) is 3.58. The molecule has 72 valence electrons. The van der Waals surface area contributed by atoms with Gasteiger partial charge < -0.3 is 11.1 Å². The van der Waals surface area contributed by atoms with Gasteiger partial charge in [-0.1, -0.05) is 6.92 Å². The second kappa shape index (κ2) is 4.34. The second-order valence-electron chi connectivity index (χ2n) is 2.70. The van der Waals surface area contributed by atoms with Crippen molar-refractivity contribution in [2.45, 2.75) is 19.9 Å². The average molecular weight is 199 g/mol. The number of carbonyl (C=O) groups is 1. The van der Waals surface area contributed by atoms with E-state index in [2.05, 4.69) is 10.3 Å². The van der Waals surface area contributed by atoms with Gasteiger partial charge in [-0.15, -0.1) is 11.3 Å². The molecule has 1 aromatic heterocycles. The molecule has 0 saturated carbocycles. The molecular formula is C8H13N3OS. The van der Waals surface area contributed by atoms with Crippen molar-refractivity contribution in [3.8, 4) is 0 Å². The van der Waals surface area contributed by atoms with Gasteiger partial charge in [0.25, 0.3) is 0 Å². The molecule has 1 atom stereocenters. The van der Waals surface area contributed by atoms with E-state index >= 15 is 0 Å². The minimum Gasteiger partial charge on any atom is -0.368 e. The van der Waals surface area contributed by atoms with Gasteiger partial charge in [0.2, 0.25) is 5.91 Å². The summed E-state index contributed by atoms with van der Waals surface area (Å²) in [6.07, 6.45) is 0. The predicted octanol–water partition coefficient (Wildman–Crippen LogP) is 0.587. The van der Waals surface area contributed by atoms with E-state index in [1.807, 2.05) is 13.8 Å². The molecule has 1 heterocycles. The molecule has 0 spiro atoms. The van der Waals surface area contributed by atoms with Crippen LogP contribution in [0.5, 0.6) is 0 Å². The highest BCUT2D eigenvalue weighted by Crippen LogP contribution is 2.20. The molecule has 1 unspecified atom stereocenters. The summed E-state index contributed by atoms with van der Waals surface area (Å²) >= 11 is 1.45. The molecular weight excluding hydrogens is 186 g/mol. The summed E-state index contributed by atoms with van der Waals surface area (Å²) in [6.45, 7) is 4.52. The van der Waals surface area contributed by atoms with Gasteiger partial charge in [0.05, 0.1) is 16.1 Å². The van der Waals surface area contributed by atoms with E-state index < -0.39 is 6.04 Å². The molecule has 5 heteroatoms. The van der Waals surface area contributed by atoms with Crippen molar-refractivity contribution in [3.63, 3.8) is 0 Å². The molecule has 1 amide bonds. The Hall–Kier alpha value is -0.940. The number of hydrogen-bond donors (Lipinski definition) is 2. The van der Waals surface area contributed by atoms with Crippen LogP contribution in [0.1, 0.15) is 23.5 Å². The maximum Gasteiger partial charge on any atom is 0.240 e. The molecule has 0 fully saturated rings. The molecule has 13 heavy (non-hydrogen) atoms. The van der Waals surface area contributed by atoms with Gasteiger partial charge in [0.15, 0.2) is 0 Å². The normalized spacial score (nSPS) is 12.8. The number of amides is 1. The van der Waals surface area contributed by atoms with Gasteiger partial charge in [-0.3, -0.25) is 4.79 Å². The maximum atomic E-state index is 11.1. The Morgan fingerprint density at radius 2 is 2.54 bits per heavy atom. The Kier molecular flexibility index (Phi) is 3.39. The third-order valence-corrected chi connectivity index (χ3v) is 2.73. The summed E-state index contributed by atoms with van der Waals surface area (Å²) in [7, 11) is 0. The number of nitrogens with one attached hydrogen (secondary N) is 1. The topological polar surface area (TPSA) is 68.0 Å². The van der Waals surface area contributed by atoms with Crippen LogP contribution in [0.4, 0.5) is 0 Å². The van der Waals surface area contributed by atoms with Crippen molar-refractivity contribution < 1.29 is 4.79 Å². The van der Waals surface area contributed by atoms with Crippen molar-refractivity contribution in [1.29, 1.82) is 0 Å². The molecule has 0 saturated heterocycles. The zero-order chi connectivity index (χ0) is 9.84. The van der Waals surface area contributed by atoms with Gasteiger partial charge in [0.1, 0.15) is 6.04 Å². The lowest BCUT2D eigenvalue weighted by Crippen LogP contribution is -2.33. The fraction of sp³-hybridized carbons (Fsp3) is 0.500. The number of hydrogen-bond acceptors (Lipinski definition) is 4. The maximum absolute atomic E-state index is 11.1. The summed E-state index contributed by atoms with van der Waals surface area (Å²) < 4.78 is 0. The molecule has 1 aromatic rings. The summed E-state index contributed by atoms with van der Waals surface area (Å²) in [5.74, 6) is -0.353. The number of thiazole rings is 1. The van der Waals surface area contributed by atoms with E-state index in [9.17, 15) is 4.79 Å². The predicted molar refractivity (Wildman–Crippen MR) is 52.5 cm³/mol. The molecule has 1 rings (SSSR count). The lowest BCUT2D eigenvalue weighted by atomic mass is 10.2. The molecule has 0 aromatic carbocycles. The number of primary amides is 1. The van der Waals surface area contributed by atoms with Gasteiger partial charge in [-0.25, -0.2) is 4.98 Å². The first-order chi connectivity index (χ1) is 6.16. The number of nitrogens with zero attached hydrogens (tertiary/aromatic N) is 1. The van der Waals surface area contributed by atoms with Crippen LogP contribution in [0, 0.1) is 6.92 Å². The fourth-order valence-corrected chi connectivity index (χ4v) is 2.00. The largest absolute Gasteiger partial charge is 0.368 e. The number of nitrogens with two attached hydrogens (primary N) is 1. The van der Waals surface area contributed by atoms with Crippen LogP contribution in [0.3, 0.4) is 0 Å². The Bertz CT molecular complexity index is 297. The van der Waals surface area contributed by atoms with Crippen LogP contribution in [0.2, 0.25) is 0 Å². The molecule has 3 N–H and O–H groups in total. The minimum atomic E-state index is -0.391. The molecule has 0 aliphatic carbocycles. The fourth-order valence-electron chi connectivity index (χ4n) is 1.11. The van der Waals surface area contributed by atoms with E-state index in [1.54, 1.807) is 5.51 Å². The quantitative estimate of drug-likeness (QED) is 0.745. The summed E-state index contributed by atoms with van der Waals surface area (Å²) in [5.41, 5.74) is 7.85. The number of aryl methyl sites for hydroxylation is 1. The average Bonchev–Trinajstić information content (AvgIpc) is 2.47. The minimum absolute atomic E-state index is 0.353. The monoisotopic (exact) mass is 199 g/mol. The number of rotatable bonds is 4. The van der Waals surface area contributed by atoms with Crippen LogP contribution >= 0.6 is 11.3 Å². The van der Waals surface area contributed by atoms with Crippen molar-refractivity contribution in [2.24, 2.45) is 5.73 Å². The number of carbonyl (C=O) groups excluding carboxylic acids is 1. The van der Waals surface area contributed by atoms with Gasteiger partial charge in [-0.2, -0.15) is 0 Å². The first-order valence-electron chi connectivity index (χ1n) is 4.09. The van der Waals surface area contributed by atoms with Crippen LogP contribution in [-0.2, 0) is 4.79 Å².